The first-order valence-corrected chi connectivity index (χ1v) is 6.14. The molecule has 6 heteroatoms. The maximum absolute atomic E-state index is 9.52. The van der Waals surface area contributed by atoms with Crippen LogP contribution in [0.1, 0.15) is 19.3 Å². The number of anilines is 1. The van der Waals surface area contributed by atoms with E-state index in [1.54, 1.807) is 0 Å². The normalized spacial score (nSPS) is 17.5. The lowest BCUT2D eigenvalue weighted by Crippen LogP contribution is -2.30. The largest absolute Gasteiger partial charge is 0.503 e. The molecule has 1 atom stereocenters. The molecule has 0 amide bonds. The van der Waals surface area contributed by atoms with Gasteiger partial charge in [-0.3, -0.25) is 0 Å². The summed E-state index contributed by atoms with van der Waals surface area (Å²) in [5.41, 5.74) is 0. The molecule has 0 aromatic carbocycles. The Morgan fingerprint density at radius 1 is 1.53 bits per heavy atom. The number of hydrogen-bond donors (Lipinski definition) is 3. The number of hydrogen-bond acceptors (Lipinski definition) is 5. The van der Waals surface area contributed by atoms with E-state index in [9.17, 15) is 10.2 Å². The van der Waals surface area contributed by atoms with E-state index in [2.05, 4.69) is 15.3 Å². The van der Waals surface area contributed by atoms with Crippen molar-refractivity contribution >= 4 is 17.4 Å². The van der Waals surface area contributed by atoms with Crippen molar-refractivity contribution in [3.05, 3.63) is 11.5 Å². The molecule has 0 aliphatic heterocycles. The van der Waals surface area contributed by atoms with E-state index in [4.69, 9.17) is 11.6 Å². The molecule has 5 nitrogen and oxygen atoms in total. The van der Waals surface area contributed by atoms with Crippen molar-refractivity contribution in [1.82, 2.24) is 9.97 Å². The number of aromatic hydroxyl groups is 1. The average Bonchev–Trinajstić information content (AvgIpc) is 2.25. The third kappa shape index (κ3) is 2.98. The molecule has 94 valence electrons. The molecule has 2 rings (SSSR count). The second-order valence-electron chi connectivity index (χ2n) is 4.39. The van der Waals surface area contributed by atoms with E-state index in [1.165, 1.54) is 25.5 Å². The summed E-state index contributed by atoms with van der Waals surface area (Å²) >= 11 is 5.64. The fraction of sp³-hybridized carbons (Fsp3) is 0.636. The minimum atomic E-state index is -0.0281. The molecule has 1 aliphatic carbocycles. The van der Waals surface area contributed by atoms with Crippen LogP contribution in [0.3, 0.4) is 0 Å². The molecule has 1 aromatic rings. The van der Waals surface area contributed by atoms with Crippen LogP contribution in [0.4, 0.5) is 5.82 Å². The number of nitrogens with zero attached hydrogens (tertiary/aromatic N) is 2. The van der Waals surface area contributed by atoms with Gasteiger partial charge in [-0.15, -0.1) is 0 Å². The van der Waals surface area contributed by atoms with Gasteiger partial charge in [0, 0.05) is 19.1 Å². The maximum atomic E-state index is 9.52. The molecule has 1 saturated carbocycles. The van der Waals surface area contributed by atoms with Gasteiger partial charge in [0.05, 0.1) is 6.20 Å². The lowest BCUT2D eigenvalue weighted by Gasteiger charge is -2.32. The lowest BCUT2D eigenvalue weighted by atomic mass is 9.76. The summed E-state index contributed by atoms with van der Waals surface area (Å²) < 4.78 is 0. The van der Waals surface area contributed by atoms with Crippen LogP contribution in [0.25, 0.3) is 0 Å². The van der Waals surface area contributed by atoms with Crippen LogP contribution in [-0.4, -0.2) is 33.3 Å². The molecular formula is C11H16ClN3O2. The predicted molar refractivity (Wildman–Crippen MR) is 65.1 cm³/mol. The highest BCUT2D eigenvalue weighted by molar-refractivity contribution is 6.28. The summed E-state index contributed by atoms with van der Waals surface area (Å²) in [7, 11) is 0. The molecule has 0 saturated heterocycles. The minimum Gasteiger partial charge on any atom is -0.503 e. The Kier molecular flexibility index (Phi) is 4.02. The monoisotopic (exact) mass is 257 g/mol. The van der Waals surface area contributed by atoms with Gasteiger partial charge in [0.15, 0.2) is 11.6 Å². The van der Waals surface area contributed by atoms with Crippen LogP contribution in [0.15, 0.2) is 6.20 Å². The van der Waals surface area contributed by atoms with Crippen LogP contribution in [0, 0.1) is 11.8 Å². The van der Waals surface area contributed by atoms with E-state index in [0.717, 1.165) is 0 Å². The van der Waals surface area contributed by atoms with Crippen LogP contribution < -0.4 is 5.32 Å². The zero-order valence-corrected chi connectivity index (χ0v) is 10.2. The summed E-state index contributed by atoms with van der Waals surface area (Å²) in [5.74, 6) is 1.08. The summed E-state index contributed by atoms with van der Waals surface area (Å²) in [5, 5.41) is 21.9. The molecule has 1 heterocycles. The first-order valence-electron chi connectivity index (χ1n) is 5.77. The summed E-state index contributed by atoms with van der Waals surface area (Å²) in [6, 6.07) is 0. The van der Waals surface area contributed by atoms with Crippen molar-refractivity contribution in [3.63, 3.8) is 0 Å². The smallest absolute Gasteiger partial charge is 0.224 e. The fourth-order valence-electron chi connectivity index (χ4n) is 2.00. The Balaban J connectivity index is 1.93. The zero-order valence-electron chi connectivity index (χ0n) is 9.43. The molecule has 0 spiro atoms. The van der Waals surface area contributed by atoms with E-state index in [1.807, 2.05) is 0 Å². The van der Waals surface area contributed by atoms with Gasteiger partial charge in [0.25, 0.3) is 0 Å². The highest BCUT2D eigenvalue weighted by Gasteiger charge is 2.26. The van der Waals surface area contributed by atoms with Crippen molar-refractivity contribution in [2.75, 3.05) is 18.5 Å². The summed E-state index contributed by atoms with van der Waals surface area (Å²) in [6.07, 6.45) is 4.84. The second kappa shape index (κ2) is 5.51. The van der Waals surface area contributed by atoms with Crippen molar-refractivity contribution in [1.29, 1.82) is 0 Å². The van der Waals surface area contributed by atoms with Crippen molar-refractivity contribution < 1.29 is 10.2 Å². The Hall–Kier alpha value is -1.07. The van der Waals surface area contributed by atoms with Gasteiger partial charge in [-0.1, -0.05) is 19.3 Å². The maximum Gasteiger partial charge on any atom is 0.224 e. The molecule has 0 unspecified atom stereocenters. The number of aromatic nitrogens is 2. The SMILES string of the molecule is OC[C@H](CNc1nc(Cl)ncc1O)C1CCC1. The van der Waals surface area contributed by atoms with Crippen molar-refractivity contribution in [3.8, 4) is 5.75 Å². The number of halogens is 1. The van der Waals surface area contributed by atoms with E-state index in [0.29, 0.717) is 18.3 Å². The fourth-order valence-corrected chi connectivity index (χ4v) is 2.14. The predicted octanol–water partition coefficient (Wildman–Crippen LogP) is 1.66. The molecule has 0 radical (unpaired) electrons. The Bertz CT molecular complexity index is 385. The molecule has 1 fully saturated rings. The number of nitrogens with one attached hydrogen (secondary N) is 1. The number of aliphatic hydroxyl groups is 1. The third-order valence-electron chi connectivity index (χ3n) is 3.32. The highest BCUT2D eigenvalue weighted by atomic mass is 35.5. The molecular weight excluding hydrogens is 242 g/mol. The Labute approximate surface area is 105 Å². The van der Waals surface area contributed by atoms with E-state index in [-0.39, 0.29) is 23.6 Å². The van der Waals surface area contributed by atoms with Crippen LogP contribution in [-0.2, 0) is 0 Å². The van der Waals surface area contributed by atoms with Gasteiger partial charge in [-0.25, -0.2) is 4.98 Å². The number of rotatable bonds is 5. The van der Waals surface area contributed by atoms with Gasteiger partial charge in [0.2, 0.25) is 5.28 Å². The Morgan fingerprint density at radius 3 is 2.88 bits per heavy atom. The third-order valence-corrected chi connectivity index (χ3v) is 3.50. The van der Waals surface area contributed by atoms with Crippen molar-refractivity contribution in [2.45, 2.75) is 19.3 Å². The van der Waals surface area contributed by atoms with Crippen molar-refractivity contribution in [2.24, 2.45) is 11.8 Å². The van der Waals surface area contributed by atoms with Crippen LogP contribution in [0.2, 0.25) is 5.28 Å². The second-order valence-corrected chi connectivity index (χ2v) is 4.73. The Morgan fingerprint density at radius 2 is 2.29 bits per heavy atom. The van der Waals surface area contributed by atoms with Gasteiger partial charge in [0.1, 0.15) is 0 Å². The molecule has 1 aromatic heterocycles. The van der Waals surface area contributed by atoms with Gasteiger partial charge >= 0.3 is 0 Å². The van der Waals surface area contributed by atoms with Crippen LogP contribution >= 0.6 is 11.6 Å². The van der Waals surface area contributed by atoms with Gasteiger partial charge in [-0.05, 0) is 17.5 Å². The molecule has 0 bridgehead atoms. The van der Waals surface area contributed by atoms with Crippen LogP contribution in [0.5, 0.6) is 5.75 Å². The van der Waals surface area contributed by atoms with Gasteiger partial charge < -0.3 is 15.5 Å². The average molecular weight is 258 g/mol. The zero-order chi connectivity index (χ0) is 12.3. The molecule has 3 N–H and O–H groups in total. The number of aliphatic hydroxyl groups excluding tert-OH is 1. The highest BCUT2D eigenvalue weighted by Crippen LogP contribution is 2.33. The molecule has 17 heavy (non-hydrogen) atoms. The van der Waals surface area contributed by atoms with E-state index < -0.39 is 0 Å². The summed E-state index contributed by atoms with van der Waals surface area (Å²) in [6.45, 7) is 0.735. The first-order chi connectivity index (χ1) is 8.20. The lowest BCUT2D eigenvalue weighted by molar-refractivity contribution is 0.132. The first kappa shape index (κ1) is 12.4. The molecule has 1 aliphatic rings. The standard InChI is InChI=1S/C11H16ClN3O2/c12-11-14-5-9(17)10(15-11)13-4-8(6-16)7-2-1-3-7/h5,7-8,16-17H,1-4,6H2,(H,13,14,15)/t8-/m0/s1. The quantitative estimate of drug-likeness (QED) is 0.699. The van der Waals surface area contributed by atoms with E-state index >= 15 is 0 Å². The topological polar surface area (TPSA) is 78.3 Å². The summed E-state index contributed by atoms with van der Waals surface area (Å²) in [4.78, 5) is 7.56. The minimum absolute atomic E-state index is 0.0281. The van der Waals surface area contributed by atoms with Gasteiger partial charge in [-0.2, -0.15) is 4.98 Å².